The number of thiazole rings is 1. The first kappa shape index (κ1) is 12.0. The van der Waals surface area contributed by atoms with Crippen LogP contribution in [0.4, 0.5) is 0 Å². The first-order chi connectivity index (χ1) is 8.79. The van der Waals surface area contributed by atoms with Crippen LogP contribution in [-0.4, -0.2) is 18.1 Å². The molecule has 3 rings (SSSR count). The molecule has 0 aliphatic carbocycles. The summed E-state index contributed by atoms with van der Waals surface area (Å²) in [6.07, 6.45) is 1.71. The minimum Gasteiger partial charge on any atom is -0.491 e. The van der Waals surface area contributed by atoms with E-state index in [-0.39, 0.29) is 0 Å². The van der Waals surface area contributed by atoms with Gasteiger partial charge in [0.25, 0.3) is 0 Å². The molecule has 0 amide bonds. The zero-order chi connectivity index (χ0) is 12.5. The van der Waals surface area contributed by atoms with Gasteiger partial charge in [0.15, 0.2) is 0 Å². The molecule has 1 aromatic carbocycles. The maximum Gasteiger partial charge on any atom is 0.147 e. The Labute approximate surface area is 115 Å². The topological polar surface area (TPSA) is 48.1 Å². The summed E-state index contributed by atoms with van der Waals surface area (Å²) < 4.78 is 5.73. The van der Waals surface area contributed by atoms with Crippen molar-refractivity contribution in [3.8, 4) is 17.0 Å². The van der Waals surface area contributed by atoms with E-state index in [0.29, 0.717) is 18.2 Å². The van der Waals surface area contributed by atoms with Crippen LogP contribution in [0.2, 0.25) is 5.02 Å². The van der Waals surface area contributed by atoms with Crippen molar-refractivity contribution in [2.45, 2.75) is 12.8 Å². The van der Waals surface area contributed by atoms with Gasteiger partial charge in [-0.25, -0.2) is 4.98 Å². The molecular formula is C13H13ClN2OS. The third kappa shape index (κ3) is 2.00. The fourth-order valence-corrected chi connectivity index (χ4v) is 3.41. The SMILES string of the molecule is NCCc1nc2c(s1)CCOc1c(Cl)cccc1-2. The monoisotopic (exact) mass is 280 g/mol. The van der Waals surface area contributed by atoms with Gasteiger partial charge in [0, 0.05) is 23.3 Å². The Bertz CT molecular complexity index is 582. The van der Waals surface area contributed by atoms with E-state index < -0.39 is 0 Å². The predicted molar refractivity (Wildman–Crippen MR) is 74.5 cm³/mol. The lowest BCUT2D eigenvalue weighted by molar-refractivity contribution is 0.327. The van der Waals surface area contributed by atoms with Gasteiger partial charge in [0.05, 0.1) is 22.3 Å². The quantitative estimate of drug-likeness (QED) is 0.920. The van der Waals surface area contributed by atoms with Crippen LogP contribution in [-0.2, 0) is 12.8 Å². The number of para-hydroxylation sites is 1. The fraction of sp³-hybridized carbons (Fsp3) is 0.308. The number of aromatic nitrogens is 1. The first-order valence-electron chi connectivity index (χ1n) is 5.90. The molecule has 0 bridgehead atoms. The lowest BCUT2D eigenvalue weighted by Gasteiger charge is -2.08. The number of rotatable bonds is 2. The average molecular weight is 281 g/mol. The number of benzene rings is 1. The molecule has 1 aliphatic heterocycles. The van der Waals surface area contributed by atoms with Crippen molar-refractivity contribution in [1.82, 2.24) is 4.98 Å². The van der Waals surface area contributed by atoms with Gasteiger partial charge >= 0.3 is 0 Å². The number of nitrogens with zero attached hydrogens (tertiary/aromatic N) is 1. The van der Waals surface area contributed by atoms with E-state index in [0.717, 1.165) is 34.9 Å². The van der Waals surface area contributed by atoms with Crippen molar-refractivity contribution in [2.75, 3.05) is 13.2 Å². The van der Waals surface area contributed by atoms with Gasteiger partial charge in [-0.15, -0.1) is 11.3 Å². The van der Waals surface area contributed by atoms with Crippen LogP contribution in [0.5, 0.6) is 5.75 Å². The van der Waals surface area contributed by atoms with Gasteiger partial charge in [0.1, 0.15) is 5.75 Å². The van der Waals surface area contributed by atoms with Crippen LogP contribution in [0.3, 0.4) is 0 Å². The van der Waals surface area contributed by atoms with E-state index in [1.165, 1.54) is 4.88 Å². The minimum atomic E-state index is 0.630. The Balaban J connectivity index is 2.14. The largest absolute Gasteiger partial charge is 0.491 e. The van der Waals surface area contributed by atoms with Gasteiger partial charge in [0.2, 0.25) is 0 Å². The first-order valence-corrected chi connectivity index (χ1v) is 7.09. The fourth-order valence-electron chi connectivity index (χ4n) is 2.10. The molecule has 0 radical (unpaired) electrons. The van der Waals surface area contributed by atoms with Crippen molar-refractivity contribution in [3.63, 3.8) is 0 Å². The smallest absolute Gasteiger partial charge is 0.147 e. The van der Waals surface area contributed by atoms with Crippen LogP contribution in [0, 0.1) is 0 Å². The van der Waals surface area contributed by atoms with Crippen LogP contribution >= 0.6 is 22.9 Å². The molecule has 0 unspecified atom stereocenters. The van der Waals surface area contributed by atoms with E-state index in [1.54, 1.807) is 11.3 Å². The lowest BCUT2D eigenvalue weighted by Crippen LogP contribution is -2.02. The summed E-state index contributed by atoms with van der Waals surface area (Å²) in [7, 11) is 0. The summed E-state index contributed by atoms with van der Waals surface area (Å²) in [5.41, 5.74) is 7.60. The second kappa shape index (κ2) is 4.88. The number of hydrogen-bond acceptors (Lipinski definition) is 4. The van der Waals surface area contributed by atoms with Gasteiger partial charge in [-0.05, 0) is 18.7 Å². The minimum absolute atomic E-state index is 0.630. The normalized spacial score (nSPS) is 13.4. The van der Waals surface area contributed by atoms with E-state index in [1.807, 2.05) is 18.2 Å². The average Bonchev–Trinajstić information content (AvgIpc) is 2.67. The molecule has 18 heavy (non-hydrogen) atoms. The lowest BCUT2D eigenvalue weighted by atomic mass is 10.1. The van der Waals surface area contributed by atoms with E-state index >= 15 is 0 Å². The summed E-state index contributed by atoms with van der Waals surface area (Å²) in [5.74, 6) is 0.752. The number of halogens is 1. The second-order valence-electron chi connectivity index (χ2n) is 4.13. The van der Waals surface area contributed by atoms with Crippen molar-refractivity contribution in [2.24, 2.45) is 5.73 Å². The molecule has 3 nitrogen and oxygen atoms in total. The molecule has 0 saturated carbocycles. The molecule has 2 aromatic rings. The van der Waals surface area contributed by atoms with Gasteiger partial charge < -0.3 is 10.5 Å². The Morgan fingerprint density at radius 2 is 2.33 bits per heavy atom. The number of nitrogens with two attached hydrogens (primary N) is 1. The standard InChI is InChI=1S/C13H13ClN2OS/c14-9-3-1-2-8-12-10(5-7-17-13(8)9)18-11(16-12)4-6-15/h1-3H,4-7,15H2. The summed E-state index contributed by atoms with van der Waals surface area (Å²) in [6, 6.07) is 5.79. The zero-order valence-corrected chi connectivity index (χ0v) is 11.4. The molecule has 5 heteroatoms. The second-order valence-corrected chi connectivity index (χ2v) is 5.71. The predicted octanol–water partition coefficient (Wildman–Crippen LogP) is 2.90. The van der Waals surface area contributed by atoms with Crippen molar-refractivity contribution < 1.29 is 4.74 Å². The van der Waals surface area contributed by atoms with E-state index in [9.17, 15) is 0 Å². The van der Waals surface area contributed by atoms with Crippen LogP contribution < -0.4 is 10.5 Å². The molecule has 94 valence electrons. The highest BCUT2D eigenvalue weighted by Crippen LogP contribution is 2.41. The molecular weight excluding hydrogens is 268 g/mol. The highest BCUT2D eigenvalue weighted by Gasteiger charge is 2.21. The zero-order valence-electron chi connectivity index (χ0n) is 9.78. The molecule has 1 aliphatic rings. The Kier molecular flexibility index (Phi) is 3.24. The summed E-state index contributed by atoms with van der Waals surface area (Å²) in [4.78, 5) is 5.95. The molecule has 2 N–H and O–H groups in total. The van der Waals surface area contributed by atoms with E-state index in [4.69, 9.17) is 22.1 Å². The maximum atomic E-state index is 6.18. The highest BCUT2D eigenvalue weighted by atomic mass is 35.5. The van der Waals surface area contributed by atoms with Gasteiger partial charge in [-0.1, -0.05) is 17.7 Å². The Morgan fingerprint density at radius 3 is 3.17 bits per heavy atom. The van der Waals surface area contributed by atoms with Gasteiger partial charge in [-0.3, -0.25) is 0 Å². The highest BCUT2D eigenvalue weighted by molar-refractivity contribution is 7.12. The Morgan fingerprint density at radius 1 is 1.44 bits per heavy atom. The summed E-state index contributed by atoms with van der Waals surface area (Å²) >= 11 is 7.91. The summed E-state index contributed by atoms with van der Waals surface area (Å²) in [6.45, 7) is 1.28. The van der Waals surface area contributed by atoms with E-state index in [2.05, 4.69) is 4.98 Å². The molecule has 2 heterocycles. The third-order valence-electron chi connectivity index (χ3n) is 2.90. The van der Waals surface area contributed by atoms with Crippen molar-refractivity contribution >= 4 is 22.9 Å². The van der Waals surface area contributed by atoms with Crippen molar-refractivity contribution in [1.29, 1.82) is 0 Å². The number of hydrogen-bond donors (Lipinski definition) is 1. The molecule has 0 spiro atoms. The van der Waals surface area contributed by atoms with Crippen molar-refractivity contribution in [3.05, 3.63) is 33.1 Å². The third-order valence-corrected chi connectivity index (χ3v) is 4.37. The van der Waals surface area contributed by atoms with Crippen LogP contribution in [0.25, 0.3) is 11.3 Å². The molecule has 1 aromatic heterocycles. The van der Waals surface area contributed by atoms with Crippen LogP contribution in [0.1, 0.15) is 9.88 Å². The Hall–Kier alpha value is -1.10. The number of ether oxygens (including phenoxy) is 1. The molecule has 0 fully saturated rings. The van der Waals surface area contributed by atoms with Gasteiger partial charge in [-0.2, -0.15) is 0 Å². The molecule has 0 saturated heterocycles. The maximum absolute atomic E-state index is 6.18. The molecule has 0 atom stereocenters. The number of fused-ring (bicyclic) bond motifs is 3. The summed E-state index contributed by atoms with van der Waals surface area (Å²) in [5, 5.41) is 1.74. The van der Waals surface area contributed by atoms with Crippen LogP contribution in [0.15, 0.2) is 18.2 Å².